The normalized spacial score (nSPS) is 11.2. The molecule has 1 heterocycles. The van der Waals surface area contributed by atoms with E-state index in [1.165, 1.54) is 4.68 Å². The van der Waals surface area contributed by atoms with E-state index in [1.807, 2.05) is 43.3 Å². The van der Waals surface area contributed by atoms with Gasteiger partial charge in [-0.2, -0.15) is 9.78 Å². The van der Waals surface area contributed by atoms with Gasteiger partial charge in [0.15, 0.2) is 17.3 Å². The number of fused-ring (bicyclic) bond motifs is 1. The highest BCUT2D eigenvalue weighted by molar-refractivity contribution is 9.10. The topological polar surface area (TPSA) is 65.7 Å². The molecule has 0 aliphatic rings. The monoisotopic (exact) mass is 477 g/mol. The molecule has 7 heteroatoms. The summed E-state index contributed by atoms with van der Waals surface area (Å²) in [5, 5.41) is 4.96. The number of rotatable bonds is 5. The third-order valence-electron chi connectivity index (χ3n) is 4.85. The summed E-state index contributed by atoms with van der Waals surface area (Å²) < 4.78 is 12.9. The first kappa shape index (κ1) is 20.8. The third kappa shape index (κ3) is 4.22. The van der Waals surface area contributed by atoms with E-state index in [0.29, 0.717) is 33.8 Å². The van der Waals surface area contributed by atoms with Gasteiger partial charge < -0.3 is 9.47 Å². The molecule has 156 valence electrons. The Morgan fingerprint density at radius 1 is 0.968 bits per heavy atom. The number of hydrogen-bond donors (Lipinski definition) is 0. The van der Waals surface area contributed by atoms with Crippen LogP contribution in [-0.2, 0) is 0 Å². The van der Waals surface area contributed by atoms with Crippen molar-refractivity contribution in [1.82, 2.24) is 9.66 Å². The molecule has 0 bridgehead atoms. The fourth-order valence-corrected chi connectivity index (χ4v) is 3.56. The van der Waals surface area contributed by atoms with E-state index in [-0.39, 0.29) is 5.56 Å². The standard InChI is InChI=1S/C24H20BrN3O3/c1-15-4-6-16(7-5-15)14-26-28-23(17-8-11-21(30-2)22(12-17)31-3)27-20-10-9-18(25)13-19(20)24(28)29/h4-14H,1-3H3. The van der Waals surface area contributed by atoms with Gasteiger partial charge in [-0.05, 0) is 48.9 Å². The SMILES string of the molecule is COc1ccc(-c2nc3ccc(Br)cc3c(=O)n2N=Cc2ccc(C)cc2)cc1OC. The Morgan fingerprint density at radius 2 is 1.71 bits per heavy atom. The summed E-state index contributed by atoms with van der Waals surface area (Å²) in [6, 6.07) is 18.7. The Hall–Kier alpha value is -3.45. The van der Waals surface area contributed by atoms with Crippen molar-refractivity contribution in [3.05, 3.63) is 86.6 Å². The Labute approximate surface area is 187 Å². The molecule has 0 aliphatic carbocycles. The quantitative estimate of drug-likeness (QED) is 0.378. The van der Waals surface area contributed by atoms with Crippen molar-refractivity contribution in [2.24, 2.45) is 5.10 Å². The van der Waals surface area contributed by atoms with Crippen molar-refractivity contribution in [2.45, 2.75) is 6.92 Å². The fraction of sp³-hybridized carbons (Fsp3) is 0.125. The maximum absolute atomic E-state index is 13.4. The lowest BCUT2D eigenvalue weighted by Gasteiger charge is -2.12. The van der Waals surface area contributed by atoms with Crippen LogP contribution in [0.1, 0.15) is 11.1 Å². The molecule has 0 aliphatic heterocycles. The minimum absolute atomic E-state index is 0.264. The molecule has 0 N–H and O–H groups in total. The van der Waals surface area contributed by atoms with Crippen molar-refractivity contribution >= 4 is 33.0 Å². The lowest BCUT2D eigenvalue weighted by molar-refractivity contribution is 0.355. The van der Waals surface area contributed by atoms with Crippen LogP contribution in [0.2, 0.25) is 0 Å². The predicted molar refractivity (Wildman–Crippen MR) is 126 cm³/mol. The Morgan fingerprint density at radius 3 is 2.42 bits per heavy atom. The summed E-state index contributed by atoms with van der Waals surface area (Å²) in [6.07, 6.45) is 1.65. The van der Waals surface area contributed by atoms with Crippen LogP contribution in [0.4, 0.5) is 0 Å². The van der Waals surface area contributed by atoms with Gasteiger partial charge >= 0.3 is 0 Å². The number of ether oxygens (including phenoxy) is 2. The van der Waals surface area contributed by atoms with Gasteiger partial charge in [-0.15, -0.1) is 0 Å². The highest BCUT2D eigenvalue weighted by Gasteiger charge is 2.15. The molecule has 0 atom stereocenters. The highest BCUT2D eigenvalue weighted by Crippen LogP contribution is 2.32. The number of halogens is 1. The maximum atomic E-state index is 13.4. The molecular formula is C24H20BrN3O3. The number of aryl methyl sites for hydroxylation is 1. The van der Waals surface area contributed by atoms with Gasteiger partial charge in [0.1, 0.15) is 0 Å². The molecule has 0 amide bonds. The van der Waals surface area contributed by atoms with Crippen molar-refractivity contribution < 1.29 is 9.47 Å². The van der Waals surface area contributed by atoms with Crippen molar-refractivity contribution in [3.8, 4) is 22.9 Å². The molecule has 0 fully saturated rings. The summed E-state index contributed by atoms with van der Waals surface area (Å²) in [7, 11) is 3.14. The summed E-state index contributed by atoms with van der Waals surface area (Å²) in [5.41, 5.74) is 3.03. The molecular weight excluding hydrogens is 458 g/mol. The second-order valence-electron chi connectivity index (χ2n) is 6.94. The van der Waals surface area contributed by atoms with E-state index in [1.54, 1.807) is 44.7 Å². The summed E-state index contributed by atoms with van der Waals surface area (Å²) in [6.45, 7) is 2.02. The van der Waals surface area contributed by atoms with Crippen molar-refractivity contribution in [1.29, 1.82) is 0 Å². The van der Waals surface area contributed by atoms with E-state index >= 15 is 0 Å². The maximum Gasteiger partial charge on any atom is 0.282 e. The number of benzene rings is 3. The first-order valence-electron chi connectivity index (χ1n) is 9.56. The van der Waals surface area contributed by atoms with E-state index < -0.39 is 0 Å². The van der Waals surface area contributed by atoms with E-state index in [0.717, 1.165) is 15.6 Å². The van der Waals surface area contributed by atoms with Gasteiger partial charge in [0.2, 0.25) is 0 Å². The molecule has 31 heavy (non-hydrogen) atoms. The average molecular weight is 478 g/mol. The van der Waals surface area contributed by atoms with Crippen LogP contribution < -0.4 is 15.0 Å². The molecule has 6 nitrogen and oxygen atoms in total. The molecule has 0 saturated heterocycles. The van der Waals surface area contributed by atoms with Crippen LogP contribution in [0.3, 0.4) is 0 Å². The lowest BCUT2D eigenvalue weighted by atomic mass is 10.1. The van der Waals surface area contributed by atoms with Gasteiger partial charge in [-0.1, -0.05) is 45.8 Å². The minimum Gasteiger partial charge on any atom is -0.493 e. The fourth-order valence-electron chi connectivity index (χ4n) is 3.19. The smallest absolute Gasteiger partial charge is 0.282 e. The molecule has 3 aromatic carbocycles. The van der Waals surface area contributed by atoms with Crippen LogP contribution in [-0.4, -0.2) is 30.1 Å². The lowest BCUT2D eigenvalue weighted by Crippen LogP contribution is -2.20. The first-order chi connectivity index (χ1) is 15.0. The van der Waals surface area contributed by atoms with Gasteiger partial charge in [0, 0.05) is 10.0 Å². The molecule has 0 unspecified atom stereocenters. The van der Waals surface area contributed by atoms with Crippen LogP contribution in [0, 0.1) is 6.92 Å². The minimum atomic E-state index is -0.264. The first-order valence-corrected chi connectivity index (χ1v) is 10.3. The van der Waals surface area contributed by atoms with Crippen LogP contribution in [0.5, 0.6) is 11.5 Å². The van der Waals surface area contributed by atoms with Gasteiger partial charge in [0.25, 0.3) is 5.56 Å². The molecule has 0 spiro atoms. The van der Waals surface area contributed by atoms with E-state index in [2.05, 4.69) is 21.0 Å². The Kier molecular flexibility index (Phi) is 5.86. The van der Waals surface area contributed by atoms with Gasteiger partial charge in [-0.25, -0.2) is 4.98 Å². The molecule has 4 rings (SSSR count). The van der Waals surface area contributed by atoms with Crippen molar-refractivity contribution in [3.63, 3.8) is 0 Å². The number of methoxy groups -OCH3 is 2. The van der Waals surface area contributed by atoms with Gasteiger partial charge in [0.05, 0.1) is 31.3 Å². The second kappa shape index (κ2) is 8.73. The van der Waals surface area contributed by atoms with Gasteiger partial charge in [-0.3, -0.25) is 4.79 Å². The highest BCUT2D eigenvalue weighted by atomic mass is 79.9. The van der Waals surface area contributed by atoms with Crippen LogP contribution in [0.15, 0.2) is 75.0 Å². The zero-order valence-electron chi connectivity index (χ0n) is 17.3. The zero-order chi connectivity index (χ0) is 22.0. The Balaban J connectivity index is 1.95. The summed E-state index contributed by atoms with van der Waals surface area (Å²) in [5.74, 6) is 1.54. The van der Waals surface area contributed by atoms with Crippen LogP contribution in [0.25, 0.3) is 22.3 Å². The number of aromatic nitrogens is 2. The largest absolute Gasteiger partial charge is 0.493 e. The van der Waals surface area contributed by atoms with Crippen molar-refractivity contribution in [2.75, 3.05) is 14.2 Å². The zero-order valence-corrected chi connectivity index (χ0v) is 18.9. The Bertz CT molecular complexity index is 1350. The molecule has 1 aromatic heterocycles. The molecule has 0 saturated carbocycles. The van der Waals surface area contributed by atoms with E-state index in [4.69, 9.17) is 14.5 Å². The van der Waals surface area contributed by atoms with Crippen LogP contribution >= 0.6 is 15.9 Å². The summed E-state index contributed by atoms with van der Waals surface area (Å²) >= 11 is 3.43. The average Bonchev–Trinajstić information content (AvgIpc) is 2.79. The molecule has 0 radical (unpaired) electrons. The second-order valence-corrected chi connectivity index (χ2v) is 7.85. The number of nitrogens with zero attached hydrogens (tertiary/aromatic N) is 3. The number of hydrogen-bond acceptors (Lipinski definition) is 5. The molecule has 4 aromatic rings. The van der Waals surface area contributed by atoms with E-state index in [9.17, 15) is 4.79 Å². The summed E-state index contributed by atoms with van der Waals surface area (Å²) in [4.78, 5) is 18.1. The third-order valence-corrected chi connectivity index (χ3v) is 5.34. The predicted octanol–water partition coefficient (Wildman–Crippen LogP) is 5.03.